The molecular formula is C13H15Ru. The predicted octanol–water partition coefficient (Wildman–Crippen LogP) is 3.47. The Bertz CT molecular complexity index is 281. The first-order valence-corrected chi connectivity index (χ1v) is 5.01. The molecule has 1 aliphatic carbocycles. The van der Waals surface area contributed by atoms with Gasteiger partial charge in [0.2, 0.25) is 0 Å². The van der Waals surface area contributed by atoms with Crippen LogP contribution < -0.4 is 0 Å². The summed E-state index contributed by atoms with van der Waals surface area (Å²) in [6.07, 6.45) is 12.7. The Balaban J connectivity index is 0.000000980. The minimum atomic E-state index is 0. The van der Waals surface area contributed by atoms with Gasteiger partial charge in [-0.15, -0.1) is 0 Å². The average Bonchev–Trinajstić information content (AvgIpc) is 2.75. The van der Waals surface area contributed by atoms with Crippen molar-refractivity contribution < 1.29 is 19.5 Å². The van der Waals surface area contributed by atoms with Crippen molar-refractivity contribution in [2.24, 2.45) is 5.92 Å². The van der Waals surface area contributed by atoms with E-state index >= 15 is 0 Å². The summed E-state index contributed by atoms with van der Waals surface area (Å²) in [5.41, 5.74) is 1.48. The summed E-state index contributed by atoms with van der Waals surface area (Å²) >= 11 is 0. The van der Waals surface area contributed by atoms with Crippen molar-refractivity contribution in [2.75, 3.05) is 0 Å². The normalized spacial score (nSPS) is 14.6. The molecule has 0 unspecified atom stereocenters. The Hall–Kier alpha value is -0.547. The summed E-state index contributed by atoms with van der Waals surface area (Å²) in [5.74, 6) is 0.704. The Labute approximate surface area is 98.8 Å². The van der Waals surface area contributed by atoms with E-state index in [4.69, 9.17) is 0 Å². The molecule has 0 nitrogen and oxygen atoms in total. The number of allylic oxidation sites excluding steroid dienone is 4. The molecule has 0 N–H and O–H groups in total. The van der Waals surface area contributed by atoms with Gasteiger partial charge >= 0.3 is 19.5 Å². The predicted molar refractivity (Wildman–Crippen MR) is 56.7 cm³/mol. The molecule has 0 saturated heterocycles. The number of hydrogen-bond donors (Lipinski definition) is 0. The molecule has 0 heterocycles. The van der Waals surface area contributed by atoms with Crippen molar-refractivity contribution in [2.45, 2.75) is 19.3 Å². The van der Waals surface area contributed by atoms with Gasteiger partial charge in [0.15, 0.2) is 0 Å². The SMILES string of the molecule is C1=CC(CCC[c-]2cccc2)C=C1.[Ru+]. The van der Waals surface area contributed by atoms with Crippen molar-refractivity contribution >= 4 is 0 Å². The van der Waals surface area contributed by atoms with Gasteiger partial charge in [-0.3, -0.25) is 0 Å². The van der Waals surface area contributed by atoms with E-state index in [0.29, 0.717) is 5.92 Å². The third-order valence-corrected chi connectivity index (χ3v) is 2.56. The van der Waals surface area contributed by atoms with E-state index in [2.05, 4.69) is 48.6 Å². The van der Waals surface area contributed by atoms with E-state index < -0.39 is 0 Å². The molecule has 0 aliphatic heterocycles. The second-order valence-corrected chi connectivity index (χ2v) is 3.62. The monoisotopic (exact) mass is 273 g/mol. The Morgan fingerprint density at radius 2 is 1.64 bits per heavy atom. The van der Waals surface area contributed by atoms with E-state index in [1.165, 1.54) is 24.8 Å². The van der Waals surface area contributed by atoms with Crippen molar-refractivity contribution in [1.82, 2.24) is 0 Å². The molecule has 1 aliphatic rings. The summed E-state index contributed by atoms with van der Waals surface area (Å²) in [6, 6.07) is 8.65. The van der Waals surface area contributed by atoms with Crippen molar-refractivity contribution in [3.63, 3.8) is 0 Å². The largest absolute Gasteiger partial charge is 1.00 e. The molecule has 0 spiro atoms. The van der Waals surface area contributed by atoms with Crippen LogP contribution in [0.25, 0.3) is 0 Å². The molecule has 75 valence electrons. The van der Waals surface area contributed by atoms with E-state index in [0.717, 1.165) is 0 Å². The zero-order chi connectivity index (χ0) is 8.93. The van der Waals surface area contributed by atoms with Gasteiger partial charge in [-0.05, 0) is 12.3 Å². The van der Waals surface area contributed by atoms with Crippen molar-refractivity contribution in [3.8, 4) is 0 Å². The molecule has 1 heteroatoms. The molecule has 0 aromatic heterocycles. The third-order valence-electron chi connectivity index (χ3n) is 2.56. The van der Waals surface area contributed by atoms with Gasteiger partial charge in [0, 0.05) is 0 Å². The van der Waals surface area contributed by atoms with Gasteiger partial charge in [-0.2, -0.15) is 17.7 Å². The maximum absolute atomic E-state index is 2.28. The minimum absolute atomic E-state index is 0. The van der Waals surface area contributed by atoms with Crippen LogP contribution in [-0.4, -0.2) is 0 Å². The van der Waals surface area contributed by atoms with Crippen LogP contribution in [0, 0.1) is 5.92 Å². The first-order chi connectivity index (χ1) is 6.45. The van der Waals surface area contributed by atoms with Crippen LogP contribution >= 0.6 is 0 Å². The molecule has 0 bridgehead atoms. The van der Waals surface area contributed by atoms with E-state index in [-0.39, 0.29) is 19.5 Å². The molecule has 0 fully saturated rings. The van der Waals surface area contributed by atoms with E-state index in [1.807, 2.05) is 0 Å². The van der Waals surface area contributed by atoms with Crippen LogP contribution in [0.3, 0.4) is 0 Å². The molecule has 1 aromatic rings. The fourth-order valence-corrected chi connectivity index (χ4v) is 1.79. The number of hydrogen-bond acceptors (Lipinski definition) is 0. The summed E-state index contributed by atoms with van der Waals surface area (Å²) in [5, 5.41) is 0. The summed E-state index contributed by atoms with van der Waals surface area (Å²) < 4.78 is 0. The molecule has 1 radical (unpaired) electrons. The second-order valence-electron chi connectivity index (χ2n) is 3.62. The molecule has 2 rings (SSSR count). The van der Waals surface area contributed by atoms with Crippen LogP contribution in [0.4, 0.5) is 0 Å². The number of rotatable bonds is 4. The molecule has 0 atom stereocenters. The Morgan fingerprint density at radius 3 is 2.29 bits per heavy atom. The zero-order valence-electron chi connectivity index (χ0n) is 8.17. The quantitative estimate of drug-likeness (QED) is 0.581. The molecule has 1 aromatic carbocycles. The van der Waals surface area contributed by atoms with Gasteiger partial charge in [0.1, 0.15) is 0 Å². The van der Waals surface area contributed by atoms with Crippen molar-refractivity contribution in [3.05, 3.63) is 54.1 Å². The van der Waals surface area contributed by atoms with E-state index in [9.17, 15) is 0 Å². The van der Waals surface area contributed by atoms with Gasteiger partial charge in [-0.25, -0.2) is 12.1 Å². The van der Waals surface area contributed by atoms with Crippen LogP contribution in [0.15, 0.2) is 48.6 Å². The summed E-state index contributed by atoms with van der Waals surface area (Å²) in [6.45, 7) is 0. The third kappa shape index (κ3) is 3.31. The molecular weight excluding hydrogens is 257 g/mol. The van der Waals surface area contributed by atoms with Crippen LogP contribution in [0.1, 0.15) is 18.4 Å². The van der Waals surface area contributed by atoms with Gasteiger partial charge in [0.05, 0.1) is 0 Å². The molecule has 14 heavy (non-hydrogen) atoms. The van der Waals surface area contributed by atoms with Crippen LogP contribution in [-0.2, 0) is 25.9 Å². The second kappa shape index (κ2) is 6.03. The maximum Gasteiger partial charge on any atom is 1.00 e. The Kier molecular flexibility index (Phi) is 4.97. The number of aryl methyl sites for hydroxylation is 1. The average molecular weight is 272 g/mol. The Morgan fingerprint density at radius 1 is 1.00 bits per heavy atom. The molecule has 0 saturated carbocycles. The van der Waals surface area contributed by atoms with Gasteiger partial charge in [-0.1, -0.05) is 37.1 Å². The van der Waals surface area contributed by atoms with Crippen LogP contribution in [0.5, 0.6) is 0 Å². The van der Waals surface area contributed by atoms with E-state index in [1.54, 1.807) is 0 Å². The van der Waals surface area contributed by atoms with Gasteiger partial charge in [0.25, 0.3) is 0 Å². The summed E-state index contributed by atoms with van der Waals surface area (Å²) in [4.78, 5) is 0. The topological polar surface area (TPSA) is 0 Å². The van der Waals surface area contributed by atoms with Crippen LogP contribution in [0.2, 0.25) is 0 Å². The maximum atomic E-state index is 2.28. The summed E-state index contributed by atoms with van der Waals surface area (Å²) in [7, 11) is 0. The fourth-order valence-electron chi connectivity index (χ4n) is 1.79. The standard InChI is InChI=1S/C13H15.Ru/c1-2-7-12(6-1)10-5-11-13-8-3-4-9-13;/h1-4,6-9,12H,5,10-11H2;/q-1;+1. The zero-order valence-corrected chi connectivity index (χ0v) is 9.91. The first-order valence-electron chi connectivity index (χ1n) is 5.01. The smallest absolute Gasteiger partial charge is 0.213 e. The molecule has 0 amide bonds. The first kappa shape index (κ1) is 11.5. The fraction of sp³-hybridized carbons (Fsp3) is 0.308. The van der Waals surface area contributed by atoms with Crippen molar-refractivity contribution in [1.29, 1.82) is 0 Å². The van der Waals surface area contributed by atoms with Gasteiger partial charge < -0.3 is 0 Å². The minimum Gasteiger partial charge on any atom is -0.213 e.